The fraction of sp³-hybridized carbons (Fsp3) is 0.444. The standard InChI is InChI=1S/C18H24FN7O/c1-2-5-18(7-9-21,6-3-8-20)26-12-14(16(22)27)17(25-26)24-13-4-10-23-15(19)11-13/h4,10-12H,2-3,5-8,20H2,1H3,(H2,22,27)(H,23,24,25). The van der Waals surface area contributed by atoms with Crippen molar-refractivity contribution in [3.8, 4) is 6.07 Å². The number of nitrogens with zero attached hydrogens (tertiary/aromatic N) is 4. The third-order valence-corrected chi connectivity index (χ3v) is 4.42. The summed E-state index contributed by atoms with van der Waals surface area (Å²) in [5.74, 6) is -1.12. The van der Waals surface area contributed by atoms with Gasteiger partial charge in [-0.1, -0.05) is 13.3 Å². The molecule has 8 nitrogen and oxygen atoms in total. The first-order valence-electron chi connectivity index (χ1n) is 8.81. The number of carbonyl (C=O) groups is 1. The van der Waals surface area contributed by atoms with Gasteiger partial charge in [0.1, 0.15) is 5.56 Å². The van der Waals surface area contributed by atoms with E-state index in [0.29, 0.717) is 31.5 Å². The Morgan fingerprint density at radius 2 is 2.26 bits per heavy atom. The van der Waals surface area contributed by atoms with E-state index in [1.165, 1.54) is 12.3 Å². The van der Waals surface area contributed by atoms with Crippen molar-refractivity contribution in [3.63, 3.8) is 0 Å². The normalized spacial score (nSPS) is 13.0. The highest BCUT2D eigenvalue weighted by atomic mass is 19.1. The second-order valence-corrected chi connectivity index (χ2v) is 6.39. The van der Waals surface area contributed by atoms with Crippen LogP contribution in [0.15, 0.2) is 24.5 Å². The van der Waals surface area contributed by atoms with Crippen LogP contribution < -0.4 is 16.8 Å². The molecule has 0 saturated heterocycles. The van der Waals surface area contributed by atoms with Gasteiger partial charge in [-0.25, -0.2) is 4.98 Å². The first kappa shape index (κ1) is 20.3. The van der Waals surface area contributed by atoms with Crippen LogP contribution in [0.1, 0.15) is 49.4 Å². The van der Waals surface area contributed by atoms with Gasteiger partial charge >= 0.3 is 0 Å². The number of aromatic nitrogens is 3. The second-order valence-electron chi connectivity index (χ2n) is 6.39. The summed E-state index contributed by atoms with van der Waals surface area (Å²) >= 11 is 0. The Bertz CT molecular complexity index is 829. The van der Waals surface area contributed by atoms with Gasteiger partial charge in [0.25, 0.3) is 5.91 Å². The molecule has 2 heterocycles. The van der Waals surface area contributed by atoms with Gasteiger partial charge in [-0.3, -0.25) is 9.48 Å². The minimum absolute atomic E-state index is 0.165. The molecule has 0 aromatic carbocycles. The van der Waals surface area contributed by atoms with E-state index < -0.39 is 17.4 Å². The van der Waals surface area contributed by atoms with Crippen molar-refractivity contribution < 1.29 is 9.18 Å². The van der Waals surface area contributed by atoms with Crippen LogP contribution in [0, 0.1) is 17.3 Å². The molecule has 0 aliphatic heterocycles. The predicted molar refractivity (Wildman–Crippen MR) is 99.6 cm³/mol. The van der Waals surface area contributed by atoms with E-state index in [-0.39, 0.29) is 17.8 Å². The summed E-state index contributed by atoms with van der Waals surface area (Å²) in [6, 6.07) is 4.96. The monoisotopic (exact) mass is 373 g/mol. The highest BCUT2D eigenvalue weighted by Crippen LogP contribution is 2.33. The molecule has 27 heavy (non-hydrogen) atoms. The van der Waals surface area contributed by atoms with Crippen LogP contribution in [0.25, 0.3) is 0 Å². The molecular weight excluding hydrogens is 349 g/mol. The molecule has 0 aliphatic carbocycles. The van der Waals surface area contributed by atoms with E-state index >= 15 is 0 Å². The van der Waals surface area contributed by atoms with Crippen molar-refractivity contribution in [2.24, 2.45) is 11.5 Å². The summed E-state index contributed by atoms with van der Waals surface area (Å²) < 4.78 is 15.0. The number of primary amides is 1. The molecule has 1 amide bonds. The van der Waals surface area contributed by atoms with E-state index in [1.807, 2.05) is 6.92 Å². The van der Waals surface area contributed by atoms with Gasteiger partial charge in [0.05, 0.1) is 18.0 Å². The minimum atomic E-state index is -0.667. The Morgan fingerprint density at radius 3 is 2.85 bits per heavy atom. The van der Waals surface area contributed by atoms with E-state index in [2.05, 4.69) is 21.5 Å². The summed E-state index contributed by atoms with van der Waals surface area (Å²) in [4.78, 5) is 15.4. The maximum absolute atomic E-state index is 13.3. The fourth-order valence-corrected chi connectivity index (χ4v) is 3.16. The van der Waals surface area contributed by atoms with Gasteiger partial charge in [0.15, 0.2) is 5.82 Å². The number of anilines is 2. The zero-order chi connectivity index (χ0) is 19.9. The molecule has 1 atom stereocenters. The lowest BCUT2D eigenvalue weighted by molar-refractivity contribution is 0.100. The van der Waals surface area contributed by atoms with E-state index in [0.717, 1.165) is 6.42 Å². The van der Waals surface area contributed by atoms with Crippen LogP contribution in [0.3, 0.4) is 0 Å². The molecule has 0 bridgehead atoms. The lowest BCUT2D eigenvalue weighted by atomic mass is 9.85. The minimum Gasteiger partial charge on any atom is -0.365 e. The molecule has 0 fully saturated rings. The maximum atomic E-state index is 13.3. The van der Waals surface area contributed by atoms with Crippen LogP contribution in [0.4, 0.5) is 15.9 Å². The molecule has 5 N–H and O–H groups in total. The zero-order valence-electron chi connectivity index (χ0n) is 15.3. The van der Waals surface area contributed by atoms with Crippen molar-refractivity contribution in [3.05, 3.63) is 36.0 Å². The van der Waals surface area contributed by atoms with Crippen molar-refractivity contribution in [1.82, 2.24) is 14.8 Å². The quantitative estimate of drug-likeness (QED) is 0.547. The Labute approximate surface area is 157 Å². The summed E-state index contributed by atoms with van der Waals surface area (Å²) in [6.45, 7) is 2.51. The van der Waals surface area contributed by atoms with Gasteiger partial charge in [-0.2, -0.15) is 14.8 Å². The fourth-order valence-electron chi connectivity index (χ4n) is 3.16. The summed E-state index contributed by atoms with van der Waals surface area (Å²) in [5.41, 5.74) is 11.1. The Kier molecular flexibility index (Phi) is 6.85. The predicted octanol–water partition coefficient (Wildman–Crippen LogP) is 2.41. The average Bonchev–Trinajstić information content (AvgIpc) is 3.05. The smallest absolute Gasteiger partial charge is 0.254 e. The Hall–Kier alpha value is -2.99. The molecule has 144 valence electrons. The molecule has 2 rings (SSSR count). The lowest BCUT2D eigenvalue weighted by Gasteiger charge is -2.32. The first-order valence-corrected chi connectivity index (χ1v) is 8.81. The molecule has 0 saturated carbocycles. The number of halogens is 1. The number of rotatable bonds is 10. The first-order chi connectivity index (χ1) is 13.0. The molecule has 0 spiro atoms. The number of carbonyl (C=O) groups excluding carboxylic acids is 1. The molecule has 9 heteroatoms. The Morgan fingerprint density at radius 1 is 1.48 bits per heavy atom. The largest absolute Gasteiger partial charge is 0.365 e. The molecule has 2 aromatic heterocycles. The van der Waals surface area contributed by atoms with Gasteiger partial charge < -0.3 is 16.8 Å². The summed E-state index contributed by atoms with van der Waals surface area (Å²) in [5, 5.41) is 16.8. The van der Waals surface area contributed by atoms with Crippen molar-refractivity contribution in [1.29, 1.82) is 5.26 Å². The van der Waals surface area contributed by atoms with Crippen molar-refractivity contribution in [2.75, 3.05) is 11.9 Å². The third kappa shape index (κ3) is 4.80. The molecule has 1 unspecified atom stereocenters. The number of nitrogens with one attached hydrogen (secondary N) is 1. The van der Waals surface area contributed by atoms with E-state index in [4.69, 9.17) is 11.5 Å². The van der Waals surface area contributed by atoms with Gasteiger partial charge in [0, 0.05) is 24.1 Å². The van der Waals surface area contributed by atoms with Crippen LogP contribution in [-0.2, 0) is 5.54 Å². The number of hydrogen-bond acceptors (Lipinski definition) is 6. The van der Waals surface area contributed by atoms with E-state index in [1.54, 1.807) is 16.9 Å². The maximum Gasteiger partial charge on any atom is 0.254 e. The molecule has 0 radical (unpaired) electrons. The number of nitrogens with two attached hydrogens (primary N) is 2. The lowest BCUT2D eigenvalue weighted by Crippen LogP contribution is -2.34. The van der Waals surface area contributed by atoms with Crippen molar-refractivity contribution in [2.45, 2.75) is 44.6 Å². The zero-order valence-corrected chi connectivity index (χ0v) is 15.3. The van der Waals surface area contributed by atoms with Gasteiger partial charge in [0.2, 0.25) is 5.95 Å². The second kappa shape index (κ2) is 9.09. The highest BCUT2D eigenvalue weighted by Gasteiger charge is 2.33. The highest BCUT2D eigenvalue weighted by molar-refractivity contribution is 5.98. The topological polar surface area (TPSA) is 136 Å². The van der Waals surface area contributed by atoms with E-state index in [9.17, 15) is 14.4 Å². The van der Waals surface area contributed by atoms with Crippen LogP contribution in [-0.4, -0.2) is 27.2 Å². The van der Waals surface area contributed by atoms with Crippen LogP contribution >= 0.6 is 0 Å². The number of nitriles is 1. The average molecular weight is 373 g/mol. The van der Waals surface area contributed by atoms with Crippen LogP contribution in [0.5, 0.6) is 0 Å². The number of amides is 1. The number of pyridine rings is 1. The molecule has 2 aromatic rings. The summed E-state index contributed by atoms with van der Waals surface area (Å²) in [6.07, 6.45) is 5.96. The van der Waals surface area contributed by atoms with Gasteiger partial charge in [-0.05, 0) is 31.9 Å². The molecule has 0 aliphatic rings. The SMILES string of the molecule is CCCC(CC#N)(CCCN)n1cc(C(N)=O)c(Nc2ccnc(F)c2)n1. The van der Waals surface area contributed by atoms with Crippen molar-refractivity contribution >= 4 is 17.4 Å². The third-order valence-electron chi connectivity index (χ3n) is 4.42. The van der Waals surface area contributed by atoms with Crippen LogP contribution in [0.2, 0.25) is 0 Å². The Balaban J connectivity index is 2.48. The summed E-state index contributed by atoms with van der Waals surface area (Å²) in [7, 11) is 0. The molecular formula is C18H24FN7O. The van der Waals surface area contributed by atoms with Gasteiger partial charge in [-0.15, -0.1) is 0 Å². The number of hydrogen-bond donors (Lipinski definition) is 3.